The number of nitrogens with one attached hydrogen (secondary N) is 2. The van der Waals surface area contributed by atoms with Crippen LogP contribution in [-0.2, 0) is 39.4 Å². The molecule has 0 bridgehead atoms. The van der Waals surface area contributed by atoms with Crippen LogP contribution >= 0.6 is 0 Å². The Morgan fingerprint density at radius 1 is 1.11 bits per heavy atom. The Labute approximate surface area is 222 Å². The third-order valence-corrected chi connectivity index (χ3v) is 6.62. The molecule has 0 spiro atoms. The van der Waals surface area contributed by atoms with E-state index in [2.05, 4.69) is 20.8 Å². The molecule has 3 aromatic rings. The van der Waals surface area contributed by atoms with E-state index in [4.69, 9.17) is 15.2 Å². The van der Waals surface area contributed by atoms with E-state index in [9.17, 15) is 9.59 Å². The van der Waals surface area contributed by atoms with Gasteiger partial charge in [0.1, 0.15) is 11.9 Å². The van der Waals surface area contributed by atoms with Crippen molar-refractivity contribution in [2.75, 3.05) is 13.2 Å². The number of fused-ring (bicyclic) bond motifs is 1. The van der Waals surface area contributed by atoms with E-state index in [0.717, 1.165) is 11.1 Å². The fourth-order valence-electron chi connectivity index (χ4n) is 4.58. The molecule has 2 heterocycles. The van der Waals surface area contributed by atoms with E-state index in [1.807, 2.05) is 65.2 Å². The van der Waals surface area contributed by atoms with Crippen molar-refractivity contribution in [3.63, 3.8) is 0 Å². The van der Waals surface area contributed by atoms with Gasteiger partial charge >= 0.3 is 6.09 Å². The van der Waals surface area contributed by atoms with Gasteiger partial charge in [0.2, 0.25) is 5.91 Å². The maximum atomic E-state index is 12.8. The Kier molecular flexibility index (Phi) is 8.43. The molecular formula is C28H36N6O4. The molecule has 0 saturated carbocycles. The average Bonchev–Trinajstić information content (AvgIpc) is 3.31. The minimum absolute atomic E-state index is 0.194. The first-order valence-electron chi connectivity index (χ1n) is 12.9. The van der Waals surface area contributed by atoms with Crippen LogP contribution in [0.1, 0.15) is 56.0 Å². The van der Waals surface area contributed by atoms with Gasteiger partial charge in [0, 0.05) is 13.0 Å². The summed E-state index contributed by atoms with van der Waals surface area (Å²) in [7, 11) is 0. The van der Waals surface area contributed by atoms with Crippen molar-refractivity contribution >= 4 is 12.0 Å². The van der Waals surface area contributed by atoms with Gasteiger partial charge in [0.15, 0.2) is 5.82 Å². The summed E-state index contributed by atoms with van der Waals surface area (Å²) in [6.07, 6.45) is 0.521. The van der Waals surface area contributed by atoms with Gasteiger partial charge in [-0.15, -0.1) is 10.2 Å². The number of nitrogens with zero attached hydrogens (tertiary/aromatic N) is 3. The van der Waals surface area contributed by atoms with Crippen LogP contribution in [0, 0.1) is 0 Å². The Hall–Kier alpha value is -3.76. The van der Waals surface area contributed by atoms with Gasteiger partial charge in [-0.2, -0.15) is 0 Å². The first-order valence-corrected chi connectivity index (χ1v) is 12.9. The zero-order valence-corrected chi connectivity index (χ0v) is 22.1. The van der Waals surface area contributed by atoms with Gasteiger partial charge in [-0.05, 0) is 38.3 Å². The normalized spacial score (nSPS) is 17.8. The van der Waals surface area contributed by atoms with Gasteiger partial charge in [0.25, 0.3) is 0 Å². The number of amides is 2. The Bertz CT molecular complexity index is 1230. The fourth-order valence-corrected chi connectivity index (χ4v) is 4.58. The average molecular weight is 521 g/mol. The van der Waals surface area contributed by atoms with Gasteiger partial charge in [-0.1, -0.05) is 60.7 Å². The lowest BCUT2D eigenvalue weighted by atomic mass is 9.81. The topological polar surface area (TPSA) is 133 Å². The van der Waals surface area contributed by atoms with Gasteiger partial charge in [-0.3, -0.25) is 4.79 Å². The SMILES string of the molecule is CCOC(=O)NC1(c2ccccc2)CCn2c(nnc2[C@@H](COCc2ccccc2)NC(=O)C(C)(C)N)C1. The second-order valence-corrected chi connectivity index (χ2v) is 10.1. The van der Waals surface area contributed by atoms with Gasteiger partial charge in [0.05, 0.1) is 30.9 Å². The van der Waals surface area contributed by atoms with Crippen molar-refractivity contribution in [1.29, 1.82) is 0 Å². The number of rotatable bonds is 10. The highest BCUT2D eigenvalue weighted by molar-refractivity contribution is 5.85. The predicted octanol–water partition coefficient (Wildman–Crippen LogP) is 2.98. The zero-order valence-electron chi connectivity index (χ0n) is 22.1. The summed E-state index contributed by atoms with van der Waals surface area (Å²) in [6, 6.07) is 19.1. The molecule has 10 heteroatoms. The molecular weight excluding hydrogens is 484 g/mol. The highest BCUT2D eigenvalue weighted by atomic mass is 16.5. The number of hydrogen-bond donors (Lipinski definition) is 3. The van der Waals surface area contributed by atoms with Crippen LogP contribution in [0.4, 0.5) is 4.79 Å². The molecule has 2 aromatic carbocycles. The highest BCUT2D eigenvalue weighted by Crippen LogP contribution is 2.35. The second kappa shape index (κ2) is 11.7. The first-order chi connectivity index (χ1) is 18.2. The molecule has 1 aliphatic heterocycles. The molecule has 0 fully saturated rings. The van der Waals surface area contributed by atoms with E-state index < -0.39 is 23.2 Å². The van der Waals surface area contributed by atoms with E-state index in [-0.39, 0.29) is 19.1 Å². The molecule has 0 radical (unpaired) electrons. The Morgan fingerprint density at radius 2 is 1.79 bits per heavy atom. The summed E-state index contributed by atoms with van der Waals surface area (Å²) in [5, 5.41) is 15.0. The van der Waals surface area contributed by atoms with Crippen molar-refractivity contribution < 1.29 is 19.1 Å². The number of benzene rings is 2. The monoisotopic (exact) mass is 520 g/mol. The molecule has 38 heavy (non-hydrogen) atoms. The van der Waals surface area contributed by atoms with Crippen molar-refractivity contribution in [3.8, 4) is 0 Å². The number of nitrogens with two attached hydrogens (primary N) is 1. The van der Waals surface area contributed by atoms with Crippen LogP contribution < -0.4 is 16.4 Å². The standard InChI is InChI=1S/C28H36N6O4/c1-4-38-26(36)31-28(21-13-9-6-10-14-21)15-16-34-23(17-28)32-33-24(34)22(30-25(35)27(2,3)29)19-37-18-20-11-7-5-8-12-20/h5-14,22H,4,15-19,29H2,1-3H3,(H,30,35)(H,31,36)/t22-,28?/m1/s1. The molecule has 1 unspecified atom stereocenters. The fraction of sp³-hybridized carbons (Fsp3) is 0.429. The summed E-state index contributed by atoms with van der Waals surface area (Å²) in [4.78, 5) is 25.3. The van der Waals surface area contributed by atoms with Crippen LogP contribution in [0.5, 0.6) is 0 Å². The number of alkyl carbamates (subject to hydrolysis) is 1. The van der Waals surface area contributed by atoms with Crippen LogP contribution in [0.3, 0.4) is 0 Å². The molecule has 202 valence electrons. The van der Waals surface area contributed by atoms with Crippen molar-refractivity contribution in [1.82, 2.24) is 25.4 Å². The molecule has 1 aliphatic rings. The summed E-state index contributed by atoms with van der Waals surface area (Å²) in [5.74, 6) is 0.964. The molecule has 1 aromatic heterocycles. The summed E-state index contributed by atoms with van der Waals surface area (Å²) >= 11 is 0. The quantitative estimate of drug-likeness (QED) is 0.374. The van der Waals surface area contributed by atoms with E-state index in [1.54, 1.807) is 20.8 Å². The molecule has 10 nitrogen and oxygen atoms in total. The van der Waals surface area contributed by atoms with Gasteiger partial charge in [-0.25, -0.2) is 4.79 Å². The minimum Gasteiger partial charge on any atom is -0.450 e. The molecule has 0 saturated heterocycles. The molecule has 2 amide bonds. The lowest BCUT2D eigenvalue weighted by Gasteiger charge is -2.38. The van der Waals surface area contributed by atoms with Crippen LogP contribution in [0.2, 0.25) is 0 Å². The summed E-state index contributed by atoms with van der Waals surface area (Å²) in [6.45, 7) is 6.46. The molecule has 2 atom stereocenters. The molecule has 4 rings (SSSR count). The lowest BCUT2D eigenvalue weighted by molar-refractivity contribution is -0.126. The van der Waals surface area contributed by atoms with Gasteiger partial charge < -0.3 is 30.4 Å². The van der Waals surface area contributed by atoms with Crippen molar-refractivity contribution in [3.05, 3.63) is 83.4 Å². The smallest absolute Gasteiger partial charge is 0.407 e. The molecule has 4 N–H and O–H groups in total. The van der Waals surface area contributed by atoms with E-state index >= 15 is 0 Å². The number of ether oxygens (including phenoxy) is 2. The minimum atomic E-state index is -1.07. The number of hydrogen-bond acceptors (Lipinski definition) is 7. The summed E-state index contributed by atoms with van der Waals surface area (Å²) < 4.78 is 13.2. The Morgan fingerprint density at radius 3 is 2.45 bits per heavy atom. The van der Waals surface area contributed by atoms with E-state index in [0.29, 0.717) is 37.6 Å². The van der Waals surface area contributed by atoms with Crippen molar-refractivity contribution in [2.45, 2.75) is 63.9 Å². The third-order valence-electron chi connectivity index (χ3n) is 6.62. The second-order valence-electron chi connectivity index (χ2n) is 10.1. The third kappa shape index (κ3) is 6.38. The summed E-state index contributed by atoms with van der Waals surface area (Å²) in [5.41, 5.74) is 6.28. The van der Waals surface area contributed by atoms with Crippen LogP contribution in [0.25, 0.3) is 0 Å². The largest absolute Gasteiger partial charge is 0.450 e. The Balaban J connectivity index is 1.59. The van der Waals surface area contributed by atoms with E-state index in [1.165, 1.54) is 0 Å². The maximum absolute atomic E-state index is 12.8. The van der Waals surface area contributed by atoms with Crippen LogP contribution in [0.15, 0.2) is 60.7 Å². The number of carbonyl (C=O) groups is 2. The zero-order chi connectivity index (χ0) is 27.2. The first kappa shape index (κ1) is 27.3. The molecule has 0 aliphatic carbocycles. The maximum Gasteiger partial charge on any atom is 0.407 e. The van der Waals surface area contributed by atoms with Crippen molar-refractivity contribution in [2.24, 2.45) is 5.73 Å². The lowest BCUT2D eigenvalue weighted by Crippen LogP contribution is -2.52. The number of aromatic nitrogens is 3. The highest BCUT2D eigenvalue weighted by Gasteiger charge is 2.41. The predicted molar refractivity (Wildman–Crippen MR) is 142 cm³/mol. The number of carbonyl (C=O) groups excluding carboxylic acids is 2. The van der Waals surface area contributed by atoms with Crippen LogP contribution in [-0.4, -0.2) is 45.5 Å².